The first-order chi connectivity index (χ1) is 7.86. The Balaban J connectivity index is 2.00. The molecule has 3 rings (SSSR count). The van der Waals surface area contributed by atoms with Crippen molar-refractivity contribution in [2.45, 2.75) is 6.42 Å². The van der Waals surface area contributed by atoms with E-state index in [1.807, 2.05) is 12.1 Å². The molecule has 1 aromatic heterocycles. The summed E-state index contributed by atoms with van der Waals surface area (Å²) in [6.45, 7) is 0.777. The van der Waals surface area contributed by atoms with Crippen molar-refractivity contribution in [3.05, 3.63) is 30.0 Å². The van der Waals surface area contributed by atoms with Gasteiger partial charge in [0.25, 0.3) is 6.01 Å². The molecule has 16 heavy (non-hydrogen) atoms. The number of aromatic nitrogens is 1. The van der Waals surface area contributed by atoms with Gasteiger partial charge in [0, 0.05) is 19.0 Å². The van der Waals surface area contributed by atoms with E-state index in [0.717, 1.165) is 30.0 Å². The van der Waals surface area contributed by atoms with Gasteiger partial charge in [0.15, 0.2) is 0 Å². The van der Waals surface area contributed by atoms with E-state index in [1.165, 1.54) is 5.56 Å². The molecule has 1 aliphatic heterocycles. The van der Waals surface area contributed by atoms with Crippen LogP contribution in [0.5, 0.6) is 5.75 Å². The van der Waals surface area contributed by atoms with Crippen LogP contribution in [-0.4, -0.2) is 18.6 Å². The predicted octanol–water partition coefficient (Wildman–Crippen LogP) is 2.32. The van der Waals surface area contributed by atoms with Crippen molar-refractivity contribution < 1.29 is 9.15 Å². The summed E-state index contributed by atoms with van der Waals surface area (Å²) in [7, 11) is 1.78. The van der Waals surface area contributed by atoms with Gasteiger partial charge in [-0.15, -0.1) is 0 Å². The van der Waals surface area contributed by atoms with Gasteiger partial charge in [0.2, 0.25) is 0 Å². The van der Waals surface area contributed by atoms with Crippen molar-refractivity contribution in [1.82, 2.24) is 4.98 Å². The lowest BCUT2D eigenvalue weighted by Gasteiger charge is -2.00. The number of ether oxygens (including phenoxy) is 1. The molecule has 0 atom stereocenters. The molecular formula is C12H12N2O2. The summed E-state index contributed by atoms with van der Waals surface area (Å²) < 4.78 is 10.7. The maximum absolute atomic E-state index is 5.46. The number of benzene rings is 1. The fraction of sp³-hybridized carbons (Fsp3) is 0.250. The standard InChI is InChI=1S/C12H12N2O2/c1-13-12-14-10(7-16-12)8-2-3-11-9(6-8)4-5-15-11/h2-3,6-7H,4-5H2,1H3,(H,13,14). The number of hydrogen-bond donors (Lipinski definition) is 1. The van der Waals surface area contributed by atoms with Gasteiger partial charge in [0.1, 0.15) is 17.7 Å². The Hall–Kier alpha value is -1.97. The third-order valence-electron chi connectivity index (χ3n) is 2.70. The van der Waals surface area contributed by atoms with E-state index in [2.05, 4.69) is 16.4 Å². The lowest BCUT2D eigenvalue weighted by molar-refractivity contribution is 0.357. The van der Waals surface area contributed by atoms with Crippen molar-refractivity contribution in [3.63, 3.8) is 0 Å². The van der Waals surface area contributed by atoms with E-state index in [0.29, 0.717) is 6.01 Å². The van der Waals surface area contributed by atoms with Gasteiger partial charge in [0.05, 0.1) is 6.61 Å². The number of fused-ring (bicyclic) bond motifs is 1. The summed E-state index contributed by atoms with van der Waals surface area (Å²) in [5.41, 5.74) is 3.15. The molecule has 0 radical (unpaired) electrons. The van der Waals surface area contributed by atoms with Gasteiger partial charge in [-0.3, -0.25) is 0 Å². The van der Waals surface area contributed by atoms with E-state index in [1.54, 1.807) is 13.3 Å². The van der Waals surface area contributed by atoms with Crippen molar-refractivity contribution in [3.8, 4) is 17.0 Å². The van der Waals surface area contributed by atoms with E-state index >= 15 is 0 Å². The number of oxazole rings is 1. The van der Waals surface area contributed by atoms with Gasteiger partial charge in [-0.2, -0.15) is 4.98 Å². The monoisotopic (exact) mass is 216 g/mol. The average molecular weight is 216 g/mol. The van der Waals surface area contributed by atoms with Crippen LogP contribution in [-0.2, 0) is 6.42 Å². The first kappa shape index (κ1) is 9.27. The van der Waals surface area contributed by atoms with Crippen molar-refractivity contribution >= 4 is 6.01 Å². The number of anilines is 1. The number of nitrogens with one attached hydrogen (secondary N) is 1. The van der Waals surface area contributed by atoms with Crippen molar-refractivity contribution in [1.29, 1.82) is 0 Å². The van der Waals surface area contributed by atoms with Crippen LogP contribution in [0.25, 0.3) is 11.3 Å². The van der Waals surface area contributed by atoms with Crippen LogP contribution in [0.1, 0.15) is 5.56 Å². The van der Waals surface area contributed by atoms with E-state index in [4.69, 9.17) is 9.15 Å². The van der Waals surface area contributed by atoms with Gasteiger partial charge in [-0.1, -0.05) is 0 Å². The van der Waals surface area contributed by atoms with Crippen LogP contribution in [0.3, 0.4) is 0 Å². The van der Waals surface area contributed by atoms with Crippen LogP contribution in [0.15, 0.2) is 28.9 Å². The van der Waals surface area contributed by atoms with Gasteiger partial charge in [-0.25, -0.2) is 0 Å². The van der Waals surface area contributed by atoms with E-state index in [9.17, 15) is 0 Å². The lowest BCUT2D eigenvalue weighted by atomic mass is 10.1. The van der Waals surface area contributed by atoms with Crippen LogP contribution in [0, 0.1) is 0 Å². The summed E-state index contributed by atoms with van der Waals surface area (Å²) in [4.78, 5) is 4.31. The van der Waals surface area contributed by atoms with Crippen molar-refractivity contribution in [2.24, 2.45) is 0 Å². The molecule has 4 nitrogen and oxygen atoms in total. The molecule has 2 heterocycles. The Kier molecular flexibility index (Phi) is 2.06. The zero-order valence-electron chi connectivity index (χ0n) is 8.99. The van der Waals surface area contributed by atoms with Crippen LogP contribution < -0.4 is 10.1 Å². The second kappa shape index (κ2) is 3.56. The number of nitrogens with zero attached hydrogens (tertiary/aromatic N) is 1. The Morgan fingerprint density at radius 2 is 2.31 bits per heavy atom. The quantitative estimate of drug-likeness (QED) is 0.836. The Labute approximate surface area is 93.3 Å². The van der Waals surface area contributed by atoms with Gasteiger partial charge < -0.3 is 14.5 Å². The molecule has 82 valence electrons. The highest BCUT2D eigenvalue weighted by Crippen LogP contribution is 2.30. The minimum atomic E-state index is 0.534. The smallest absolute Gasteiger partial charge is 0.294 e. The molecule has 0 saturated heterocycles. The predicted molar refractivity (Wildman–Crippen MR) is 60.7 cm³/mol. The Bertz CT molecular complexity index is 519. The second-order valence-corrected chi connectivity index (χ2v) is 3.71. The van der Waals surface area contributed by atoms with E-state index < -0.39 is 0 Å². The highest BCUT2D eigenvalue weighted by Gasteiger charge is 2.14. The molecule has 1 aromatic carbocycles. The molecule has 0 unspecified atom stereocenters. The second-order valence-electron chi connectivity index (χ2n) is 3.71. The fourth-order valence-corrected chi connectivity index (χ4v) is 1.87. The van der Waals surface area contributed by atoms with Gasteiger partial charge >= 0.3 is 0 Å². The number of hydrogen-bond acceptors (Lipinski definition) is 4. The molecule has 0 bridgehead atoms. The summed E-state index contributed by atoms with van der Waals surface area (Å²) in [6.07, 6.45) is 2.63. The third kappa shape index (κ3) is 1.43. The maximum Gasteiger partial charge on any atom is 0.294 e. The first-order valence-corrected chi connectivity index (χ1v) is 5.26. The maximum atomic E-state index is 5.46. The number of rotatable bonds is 2. The lowest BCUT2D eigenvalue weighted by Crippen LogP contribution is -1.87. The van der Waals surface area contributed by atoms with Gasteiger partial charge in [-0.05, 0) is 23.8 Å². The normalized spacial score (nSPS) is 13.3. The molecule has 2 aromatic rings. The summed E-state index contributed by atoms with van der Waals surface area (Å²) in [5, 5.41) is 2.87. The SMILES string of the molecule is CNc1nc(-c2ccc3c(c2)CCO3)co1. The molecule has 4 heteroatoms. The zero-order valence-corrected chi connectivity index (χ0v) is 8.99. The third-order valence-corrected chi connectivity index (χ3v) is 2.70. The van der Waals surface area contributed by atoms with Crippen LogP contribution in [0.2, 0.25) is 0 Å². The molecule has 0 saturated carbocycles. The van der Waals surface area contributed by atoms with Crippen LogP contribution >= 0.6 is 0 Å². The molecule has 0 fully saturated rings. The topological polar surface area (TPSA) is 47.3 Å². The minimum absolute atomic E-state index is 0.534. The first-order valence-electron chi connectivity index (χ1n) is 5.26. The average Bonchev–Trinajstić information content (AvgIpc) is 2.96. The Morgan fingerprint density at radius 3 is 3.12 bits per heavy atom. The highest BCUT2D eigenvalue weighted by atomic mass is 16.5. The largest absolute Gasteiger partial charge is 0.493 e. The molecule has 0 aliphatic carbocycles. The van der Waals surface area contributed by atoms with Crippen LogP contribution in [0.4, 0.5) is 6.01 Å². The molecular weight excluding hydrogens is 204 g/mol. The molecule has 0 spiro atoms. The fourth-order valence-electron chi connectivity index (χ4n) is 1.87. The molecule has 1 aliphatic rings. The summed E-state index contributed by atoms with van der Waals surface area (Å²) in [5.74, 6) is 0.987. The minimum Gasteiger partial charge on any atom is -0.493 e. The Morgan fingerprint density at radius 1 is 1.38 bits per heavy atom. The van der Waals surface area contributed by atoms with Crippen molar-refractivity contribution in [2.75, 3.05) is 19.0 Å². The highest BCUT2D eigenvalue weighted by molar-refractivity contribution is 5.62. The molecule has 1 N–H and O–H groups in total. The summed E-state index contributed by atoms with van der Waals surface area (Å²) >= 11 is 0. The summed E-state index contributed by atoms with van der Waals surface area (Å²) in [6, 6.07) is 6.64. The molecule has 0 amide bonds. The zero-order chi connectivity index (χ0) is 11.0. The van der Waals surface area contributed by atoms with E-state index in [-0.39, 0.29) is 0 Å².